The number of hydrogen-bond donors (Lipinski definition) is 2. The highest BCUT2D eigenvalue weighted by atomic mass is 32.2. The van der Waals surface area contributed by atoms with Gasteiger partial charge in [0.25, 0.3) is 0 Å². The highest BCUT2D eigenvalue weighted by Crippen LogP contribution is 2.39. The van der Waals surface area contributed by atoms with E-state index in [1.165, 1.54) is 51.1 Å². The Hall–Kier alpha value is -1.33. The fourth-order valence-corrected chi connectivity index (χ4v) is 5.40. The molecule has 0 spiro atoms. The summed E-state index contributed by atoms with van der Waals surface area (Å²) in [6.45, 7) is 2.18. The molecule has 4 rings (SSSR count). The van der Waals surface area contributed by atoms with E-state index in [9.17, 15) is 10.2 Å². The molecule has 0 aromatic heterocycles. The smallest absolute Gasteiger partial charge is 0.0857 e. The number of fused-ring (bicyclic) bond motifs is 1. The molecule has 0 radical (unpaired) electrons. The molecule has 0 saturated carbocycles. The first kappa shape index (κ1) is 20.9. The van der Waals surface area contributed by atoms with E-state index in [0.29, 0.717) is 12.8 Å². The predicted octanol–water partition coefficient (Wildman–Crippen LogP) is 4.76. The van der Waals surface area contributed by atoms with E-state index in [-0.39, 0.29) is 18.8 Å². The molecule has 1 saturated heterocycles. The van der Waals surface area contributed by atoms with Gasteiger partial charge in [-0.2, -0.15) is 0 Å². The molecule has 0 unspecified atom stereocenters. The molecule has 0 bridgehead atoms. The van der Waals surface area contributed by atoms with Crippen molar-refractivity contribution in [3.8, 4) is 0 Å². The summed E-state index contributed by atoms with van der Waals surface area (Å²) in [5.41, 5.74) is 8.30. The minimum absolute atomic E-state index is 0.0355. The second-order valence-corrected chi connectivity index (χ2v) is 9.37. The van der Waals surface area contributed by atoms with Gasteiger partial charge in [0, 0.05) is 17.7 Å². The van der Waals surface area contributed by atoms with Crippen LogP contribution in [-0.2, 0) is 24.0 Å². The molecule has 1 aliphatic carbocycles. The molecule has 3 nitrogen and oxygen atoms in total. The fraction of sp³-hybridized carbons (Fsp3) is 0.520. The third-order valence-electron chi connectivity index (χ3n) is 6.55. The van der Waals surface area contributed by atoms with E-state index in [1.54, 1.807) is 11.8 Å². The quantitative estimate of drug-likeness (QED) is 0.695. The third-order valence-corrected chi connectivity index (χ3v) is 7.30. The number of ether oxygens (including phenoxy) is 1. The lowest BCUT2D eigenvalue weighted by Gasteiger charge is -2.35. The van der Waals surface area contributed by atoms with E-state index in [0.717, 1.165) is 19.3 Å². The number of aliphatic hydroxyl groups excluding tert-OH is 2. The average molecular weight is 413 g/mol. The zero-order valence-electron chi connectivity index (χ0n) is 17.5. The van der Waals surface area contributed by atoms with Crippen molar-refractivity contribution in [3.63, 3.8) is 0 Å². The number of aliphatic hydroxyl groups is 2. The van der Waals surface area contributed by atoms with E-state index in [2.05, 4.69) is 43.5 Å². The van der Waals surface area contributed by atoms with Crippen LogP contribution in [0.15, 0.2) is 35.2 Å². The van der Waals surface area contributed by atoms with Crippen molar-refractivity contribution in [1.29, 1.82) is 0 Å². The van der Waals surface area contributed by atoms with Gasteiger partial charge < -0.3 is 14.9 Å². The van der Waals surface area contributed by atoms with E-state index < -0.39 is 6.10 Å². The van der Waals surface area contributed by atoms with Crippen molar-refractivity contribution in [2.75, 3.05) is 12.9 Å². The number of hydrogen-bond acceptors (Lipinski definition) is 4. The van der Waals surface area contributed by atoms with Gasteiger partial charge in [-0.25, -0.2) is 0 Å². The lowest BCUT2D eigenvalue weighted by Crippen LogP contribution is -2.34. The maximum Gasteiger partial charge on any atom is 0.0857 e. The summed E-state index contributed by atoms with van der Waals surface area (Å²) in [7, 11) is 0. The Kier molecular flexibility index (Phi) is 6.65. The summed E-state index contributed by atoms with van der Waals surface area (Å²) < 4.78 is 6.19. The average Bonchev–Trinajstić information content (AvgIpc) is 2.75. The van der Waals surface area contributed by atoms with Gasteiger partial charge >= 0.3 is 0 Å². The Labute approximate surface area is 178 Å². The van der Waals surface area contributed by atoms with Gasteiger partial charge in [-0.05, 0) is 90.8 Å². The maximum atomic E-state index is 10.3. The van der Waals surface area contributed by atoms with Crippen LogP contribution in [0, 0.1) is 6.92 Å². The standard InChI is InChI=1S/C25H32O3S/c1-16-22-5-3-4-6-23(22)18(11-17-7-9-21(29-2)10-8-17)12-24(16)25-14-19(27)13-20(15-26)28-25/h7-10,12,19-20,25-27H,3-6,11,13-15H2,1-2H3/t19-,20-,25+/m0/s1. The molecule has 1 aliphatic heterocycles. The minimum Gasteiger partial charge on any atom is -0.394 e. The zero-order chi connectivity index (χ0) is 20.4. The van der Waals surface area contributed by atoms with Gasteiger partial charge in [-0.3, -0.25) is 0 Å². The number of benzene rings is 2. The van der Waals surface area contributed by atoms with Crippen LogP contribution in [0.3, 0.4) is 0 Å². The fourth-order valence-electron chi connectivity index (χ4n) is 4.99. The van der Waals surface area contributed by atoms with Gasteiger partial charge in [0.05, 0.1) is 24.9 Å². The molecule has 0 amide bonds. The van der Waals surface area contributed by atoms with Crippen LogP contribution in [-0.4, -0.2) is 35.3 Å². The van der Waals surface area contributed by atoms with E-state index >= 15 is 0 Å². The predicted molar refractivity (Wildman–Crippen MR) is 119 cm³/mol. The highest BCUT2D eigenvalue weighted by molar-refractivity contribution is 7.98. The Bertz CT molecular complexity index is 846. The van der Waals surface area contributed by atoms with Crippen molar-refractivity contribution >= 4 is 11.8 Å². The first-order valence-electron chi connectivity index (χ1n) is 10.8. The molecule has 2 N–H and O–H groups in total. The van der Waals surface area contributed by atoms with Crippen molar-refractivity contribution in [3.05, 3.63) is 63.7 Å². The van der Waals surface area contributed by atoms with Crippen LogP contribution in [0.25, 0.3) is 0 Å². The molecular weight excluding hydrogens is 380 g/mol. The van der Waals surface area contributed by atoms with Gasteiger partial charge in [0.2, 0.25) is 0 Å². The monoisotopic (exact) mass is 412 g/mol. The Morgan fingerprint density at radius 2 is 1.79 bits per heavy atom. The van der Waals surface area contributed by atoms with Crippen molar-refractivity contribution in [1.82, 2.24) is 0 Å². The maximum absolute atomic E-state index is 10.3. The number of thioether (sulfide) groups is 1. The molecule has 1 fully saturated rings. The van der Waals surface area contributed by atoms with Gasteiger partial charge in [0.1, 0.15) is 0 Å². The van der Waals surface area contributed by atoms with Crippen LogP contribution < -0.4 is 0 Å². The molecule has 1 heterocycles. The van der Waals surface area contributed by atoms with Crippen LogP contribution >= 0.6 is 11.8 Å². The Morgan fingerprint density at radius 3 is 2.48 bits per heavy atom. The molecule has 2 aliphatic rings. The lowest BCUT2D eigenvalue weighted by molar-refractivity contribution is -0.114. The van der Waals surface area contributed by atoms with Crippen LogP contribution in [0.5, 0.6) is 0 Å². The molecule has 156 valence electrons. The van der Waals surface area contributed by atoms with Crippen LogP contribution in [0.2, 0.25) is 0 Å². The molecule has 4 heteroatoms. The minimum atomic E-state index is -0.413. The largest absolute Gasteiger partial charge is 0.394 e. The molecule has 2 aromatic rings. The highest BCUT2D eigenvalue weighted by Gasteiger charge is 2.31. The molecule has 3 atom stereocenters. The first-order valence-corrected chi connectivity index (χ1v) is 12.0. The summed E-state index contributed by atoms with van der Waals surface area (Å²) in [5.74, 6) is 0. The van der Waals surface area contributed by atoms with Crippen LogP contribution in [0.4, 0.5) is 0 Å². The normalized spacial score (nSPS) is 24.3. The zero-order valence-corrected chi connectivity index (χ0v) is 18.3. The van der Waals surface area contributed by atoms with Crippen molar-refractivity contribution in [2.45, 2.75) is 75.1 Å². The van der Waals surface area contributed by atoms with Gasteiger partial charge in [0.15, 0.2) is 0 Å². The second-order valence-electron chi connectivity index (χ2n) is 8.49. The Morgan fingerprint density at radius 1 is 1.07 bits per heavy atom. The third kappa shape index (κ3) is 4.56. The lowest BCUT2D eigenvalue weighted by atomic mass is 9.80. The second kappa shape index (κ2) is 9.22. The van der Waals surface area contributed by atoms with Crippen molar-refractivity contribution in [2.24, 2.45) is 0 Å². The van der Waals surface area contributed by atoms with Gasteiger partial charge in [-0.15, -0.1) is 11.8 Å². The molecular formula is C25H32O3S. The SMILES string of the molecule is CSc1ccc(Cc2cc([C@H]3C[C@@H](O)C[C@@H](CO)O3)c(C)c3c2CCCC3)cc1. The summed E-state index contributed by atoms with van der Waals surface area (Å²) in [6, 6.07) is 11.2. The summed E-state index contributed by atoms with van der Waals surface area (Å²) in [6.07, 6.45) is 8.13. The Balaban J connectivity index is 1.71. The van der Waals surface area contributed by atoms with Crippen LogP contribution in [0.1, 0.15) is 65.2 Å². The first-order chi connectivity index (χ1) is 14.1. The van der Waals surface area contributed by atoms with Crippen molar-refractivity contribution < 1.29 is 14.9 Å². The van der Waals surface area contributed by atoms with E-state index in [1.807, 2.05) is 0 Å². The summed E-state index contributed by atoms with van der Waals surface area (Å²) >= 11 is 1.77. The van der Waals surface area contributed by atoms with E-state index in [4.69, 9.17) is 4.74 Å². The number of rotatable bonds is 5. The summed E-state index contributed by atoms with van der Waals surface area (Å²) in [4.78, 5) is 1.29. The summed E-state index contributed by atoms with van der Waals surface area (Å²) in [5, 5.41) is 19.9. The molecule has 2 aromatic carbocycles. The van der Waals surface area contributed by atoms with Gasteiger partial charge in [-0.1, -0.05) is 18.2 Å². The topological polar surface area (TPSA) is 49.7 Å². The molecule has 29 heavy (non-hydrogen) atoms.